The van der Waals surface area contributed by atoms with Crippen LogP contribution in [-0.2, 0) is 14.8 Å². The number of carbonyl (C=O) groups excluding carboxylic acids is 1. The maximum atomic E-state index is 13.6. The van der Waals surface area contributed by atoms with Crippen LogP contribution in [0.3, 0.4) is 0 Å². The van der Waals surface area contributed by atoms with Gasteiger partial charge in [-0.3, -0.25) is 4.79 Å². The lowest BCUT2D eigenvalue weighted by molar-refractivity contribution is -0.121. The summed E-state index contributed by atoms with van der Waals surface area (Å²) < 4.78 is 40.0. The molecule has 7 nitrogen and oxygen atoms in total. The predicted octanol–water partition coefficient (Wildman–Crippen LogP) is 1.28. The number of amides is 1. The van der Waals surface area contributed by atoms with Gasteiger partial charge in [-0.1, -0.05) is 18.2 Å². The molecule has 1 amide bonds. The van der Waals surface area contributed by atoms with E-state index in [1.165, 1.54) is 18.2 Å². The molecule has 1 aromatic carbocycles. The van der Waals surface area contributed by atoms with Crippen LogP contribution >= 0.6 is 0 Å². The molecule has 3 rings (SSSR count). The molecule has 0 bridgehead atoms. The van der Waals surface area contributed by atoms with E-state index in [1.54, 1.807) is 6.20 Å². The lowest BCUT2D eigenvalue weighted by atomic mass is 10.2. The van der Waals surface area contributed by atoms with Crippen LogP contribution in [0.25, 0.3) is 0 Å². The van der Waals surface area contributed by atoms with Gasteiger partial charge >= 0.3 is 0 Å². The average Bonchev–Trinajstić information content (AvgIpc) is 3.11. The van der Waals surface area contributed by atoms with Crippen molar-refractivity contribution in [1.82, 2.24) is 15.0 Å². The van der Waals surface area contributed by atoms with E-state index in [1.807, 2.05) is 18.2 Å². The molecule has 1 saturated heterocycles. The second-order valence-electron chi connectivity index (χ2n) is 6.27. The molecule has 2 aromatic rings. The van der Waals surface area contributed by atoms with Gasteiger partial charge in [0.15, 0.2) is 0 Å². The average molecular weight is 392 g/mol. The van der Waals surface area contributed by atoms with Crippen molar-refractivity contribution in [2.45, 2.75) is 23.8 Å². The molecule has 1 aliphatic heterocycles. The molecule has 1 aromatic heterocycles. The van der Waals surface area contributed by atoms with Gasteiger partial charge in [-0.25, -0.2) is 22.5 Å². The molecule has 0 spiro atoms. The van der Waals surface area contributed by atoms with Crippen LogP contribution in [-0.4, -0.2) is 45.0 Å². The molecule has 2 heterocycles. The van der Waals surface area contributed by atoms with Crippen molar-refractivity contribution in [3.63, 3.8) is 0 Å². The van der Waals surface area contributed by atoms with Gasteiger partial charge < -0.3 is 10.2 Å². The molecule has 144 valence electrons. The van der Waals surface area contributed by atoms with Gasteiger partial charge in [-0.05, 0) is 30.7 Å². The van der Waals surface area contributed by atoms with Crippen LogP contribution in [0.15, 0.2) is 53.6 Å². The Kier molecular flexibility index (Phi) is 6.02. The van der Waals surface area contributed by atoms with Gasteiger partial charge in [0.2, 0.25) is 15.9 Å². The predicted molar refractivity (Wildman–Crippen MR) is 99.2 cm³/mol. The van der Waals surface area contributed by atoms with Gasteiger partial charge in [0.05, 0.1) is 0 Å². The maximum absolute atomic E-state index is 13.6. The fourth-order valence-corrected chi connectivity index (χ4v) is 4.07. The number of carbonyl (C=O) groups is 1. The maximum Gasteiger partial charge on any atom is 0.243 e. The standard InChI is InChI=1S/C18H21FN4O3S/c19-15-5-1-2-6-16(15)27(25,26)21-11-8-18(24)22-14-9-12-23(13-14)17-7-3-4-10-20-17/h1-7,10,14,21H,8-9,11-13H2,(H,22,24). The highest BCUT2D eigenvalue weighted by Gasteiger charge is 2.25. The van der Waals surface area contributed by atoms with E-state index in [2.05, 4.69) is 19.9 Å². The summed E-state index contributed by atoms with van der Waals surface area (Å²) in [5.41, 5.74) is 0. The lowest BCUT2D eigenvalue weighted by Gasteiger charge is -2.17. The fraction of sp³-hybridized carbons (Fsp3) is 0.333. The zero-order valence-electron chi connectivity index (χ0n) is 14.6. The molecule has 1 unspecified atom stereocenters. The third-order valence-corrected chi connectivity index (χ3v) is 5.79. The van der Waals surface area contributed by atoms with Crippen LogP contribution in [0.2, 0.25) is 0 Å². The first kappa shape index (κ1) is 19.2. The van der Waals surface area contributed by atoms with E-state index in [-0.39, 0.29) is 24.9 Å². The summed E-state index contributed by atoms with van der Waals surface area (Å²) in [5, 5.41) is 2.90. The topological polar surface area (TPSA) is 91.4 Å². The van der Waals surface area contributed by atoms with Crippen LogP contribution < -0.4 is 14.9 Å². The minimum atomic E-state index is -3.98. The van der Waals surface area contributed by atoms with E-state index < -0.39 is 20.7 Å². The Morgan fingerprint density at radius 1 is 1.22 bits per heavy atom. The lowest BCUT2D eigenvalue weighted by Crippen LogP contribution is -2.39. The van der Waals surface area contributed by atoms with Gasteiger partial charge in [-0.2, -0.15) is 0 Å². The molecule has 2 N–H and O–H groups in total. The summed E-state index contributed by atoms with van der Waals surface area (Å²) in [6.07, 6.45) is 2.50. The first-order valence-electron chi connectivity index (χ1n) is 8.65. The number of hydrogen-bond acceptors (Lipinski definition) is 5. The largest absolute Gasteiger partial charge is 0.354 e. The second-order valence-corrected chi connectivity index (χ2v) is 8.00. The number of benzene rings is 1. The Morgan fingerprint density at radius 2 is 2.00 bits per heavy atom. The van der Waals surface area contributed by atoms with E-state index in [9.17, 15) is 17.6 Å². The Hall–Kier alpha value is -2.52. The van der Waals surface area contributed by atoms with Crippen LogP contribution in [0, 0.1) is 5.82 Å². The van der Waals surface area contributed by atoms with Crippen molar-refractivity contribution in [1.29, 1.82) is 0 Å². The number of anilines is 1. The molecule has 1 aliphatic rings. The van der Waals surface area contributed by atoms with E-state index >= 15 is 0 Å². The number of pyridine rings is 1. The monoisotopic (exact) mass is 392 g/mol. The smallest absolute Gasteiger partial charge is 0.243 e. The fourth-order valence-electron chi connectivity index (χ4n) is 2.97. The second kappa shape index (κ2) is 8.45. The Labute approximate surface area is 157 Å². The summed E-state index contributed by atoms with van der Waals surface area (Å²) in [7, 11) is -3.98. The van der Waals surface area contributed by atoms with Crippen molar-refractivity contribution < 1.29 is 17.6 Å². The summed E-state index contributed by atoms with van der Waals surface area (Å²) in [4.78, 5) is 18.0. The molecule has 0 saturated carbocycles. The van der Waals surface area contributed by atoms with E-state index in [4.69, 9.17) is 0 Å². The number of aromatic nitrogens is 1. The van der Waals surface area contributed by atoms with Crippen LogP contribution in [0.4, 0.5) is 10.2 Å². The summed E-state index contributed by atoms with van der Waals surface area (Å²) >= 11 is 0. The highest BCUT2D eigenvalue weighted by atomic mass is 32.2. The number of sulfonamides is 1. The molecule has 1 fully saturated rings. The first-order valence-corrected chi connectivity index (χ1v) is 10.1. The number of nitrogens with one attached hydrogen (secondary N) is 2. The minimum Gasteiger partial charge on any atom is -0.354 e. The quantitative estimate of drug-likeness (QED) is 0.741. The van der Waals surface area contributed by atoms with Crippen LogP contribution in [0.1, 0.15) is 12.8 Å². The zero-order chi connectivity index (χ0) is 19.3. The third-order valence-electron chi connectivity index (χ3n) is 4.30. The first-order chi connectivity index (χ1) is 13.0. The Balaban J connectivity index is 1.45. The Morgan fingerprint density at radius 3 is 2.74 bits per heavy atom. The highest BCUT2D eigenvalue weighted by Crippen LogP contribution is 2.17. The third kappa shape index (κ3) is 5.01. The SMILES string of the molecule is O=C(CCNS(=O)(=O)c1ccccc1F)NC1CCN(c2ccccn2)C1. The van der Waals surface area contributed by atoms with Gasteiger partial charge in [0, 0.05) is 38.3 Å². The van der Waals surface area contributed by atoms with Crippen LogP contribution in [0.5, 0.6) is 0 Å². The molecule has 0 radical (unpaired) electrons. The van der Waals surface area contributed by atoms with Gasteiger partial charge in [-0.15, -0.1) is 0 Å². The number of hydrogen-bond donors (Lipinski definition) is 2. The molecular weight excluding hydrogens is 371 g/mol. The van der Waals surface area contributed by atoms with Gasteiger partial charge in [0.1, 0.15) is 16.5 Å². The summed E-state index contributed by atoms with van der Waals surface area (Å²) in [6.45, 7) is 1.35. The van der Waals surface area contributed by atoms with E-state index in [0.717, 1.165) is 24.8 Å². The van der Waals surface area contributed by atoms with Gasteiger partial charge in [0.25, 0.3) is 0 Å². The highest BCUT2D eigenvalue weighted by molar-refractivity contribution is 7.89. The van der Waals surface area contributed by atoms with Crippen molar-refractivity contribution in [2.75, 3.05) is 24.5 Å². The van der Waals surface area contributed by atoms with Crippen molar-refractivity contribution in [3.05, 3.63) is 54.5 Å². The zero-order valence-corrected chi connectivity index (χ0v) is 15.5. The number of nitrogens with zero attached hydrogens (tertiary/aromatic N) is 2. The summed E-state index contributed by atoms with van der Waals surface area (Å²) in [6, 6.07) is 10.8. The number of halogens is 1. The minimum absolute atomic E-state index is 0.0114. The molecular formula is C18H21FN4O3S. The van der Waals surface area contributed by atoms with Crippen molar-refractivity contribution >= 4 is 21.7 Å². The normalized spacial score (nSPS) is 17.1. The summed E-state index contributed by atoms with van der Waals surface area (Å²) in [5.74, 6) is -0.207. The van der Waals surface area contributed by atoms with E-state index in [0.29, 0.717) is 6.54 Å². The number of rotatable bonds is 7. The molecule has 1 atom stereocenters. The van der Waals surface area contributed by atoms with Crippen molar-refractivity contribution in [3.8, 4) is 0 Å². The molecule has 0 aliphatic carbocycles. The molecule has 9 heteroatoms. The Bertz CT molecular complexity index is 892. The molecule has 27 heavy (non-hydrogen) atoms. The van der Waals surface area contributed by atoms with Crippen molar-refractivity contribution in [2.24, 2.45) is 0 Å².